The molecule has 2 N–H and O–H groups in total. The van der Waals surface area contributed by atoms with Crippen molar-refractivity contribution in [2.45, 2.75) is 39.5 Å². The van der Waals surface area contributed by atoms with Gasteiger partial charge in [-0.2, -0.15) is 0 Å². The van der Waals surface area contributed by atoms with Gasteiger partial charge in [-0.1, -0.05) is 54.6 Å². The predicted octanol–water partition coefficient (Wildman–Crippen LogP) is 5.56. The predicted molar refractivity (Wildman–Crippen MR) is 167 cm³/mol. The Kier molecular flexibility index (Phi) is 9.95. The van der Waals surface area contributed by atoms with Crippen molar-refractivity contribution in [2.75, 3.05) is 5.32 Å². The van der Waals surface area contributed by atoms with Crippen molar-refractivity contribution in [1.29, 1.82) is 0 Å². The Labute approximate surface area is 251 Å². The number of aromatic nitrogens is 3. The third-order valence-corrected chi connectivity index (χ3v) is 6.88. The molecule has 0 aliphatic heterocycles. The molecule has 0 aliphatic carbocycles. The van der Waals surface area contributed by atoms with Gasteiger partial charge in [0.25, 0.3) is 0 Å². The second kappa shape index (κ2) is 14.6. The molecular formula is C35H34N6O2. The molecule has 5 aromatic rings. The Bertz CT molecular complexity index is 1630. The molecule has 0 atom stereocenters. The number of benzene rings is 2. The minimum Gasteiger partial charge on any atom is -0.334 e. The standard InChI is InChI=1S/C35H34N6O2/c1-26(42)40-33-8-2-5-29(17-33)25-41(35(43)18-28-6-3-15-36-19-28)24-27-9-12-32(13-10-27)34-14-11-31(23-39-34)22-38-21-30-7-4-16-37-20-30/h2-17,19-20,23,38H,18,21-22,24-25H2,1H3,(H,40,42). The number of hydrogen-bond acceptors (Lipinski definition) is 6. The van der Waals surface area contributed by atoms with Crippen LogP contribution < -0.4 is 10.6 Å². The molecule has 0 unspecified atom stereocenters. The lowest BCUT2D eigenvalue weighted by Crippen LogP contribution is -2.31. The molecule has 0 aliphatic rings. The first-order valence-corrected chi connectivity index (χ1v) is 14.2. The van der Waals surface area contributed by atoms with Crippen LogP contribution in [0.2, 0.25) is 0 Å². The molecule has 3 aromatic heterocycles. The van der Waals surface area contributed by atoms with E-state index in [4.69, 9.17) is 0 Å². The summed E-state index contributed by atoms with van der Waals surface area (Å²) in [6.07, 6.45) is 9.20. The second-order valence-corrected chi connectivity index (χ2v) is 10.4. The van der Waals surface area contributed by atoms with Gasteiger partial charge in [0.15, 0.2) is 0 Å². The summed E-state index contributed by atoms with van der Waals surface area (Å²) < 4.78 is 0. The van der Waals surface area contributed by atoms with Crippen LogP contribution in [0.4, 0.5) is 5.69 Å². The van der Waals surface area contributed by atoms with E-state index in [1.165, 1.54) is 6.92 Å². The van der Waals surface area contributed by atoms with E-state index >= 15 is 0 Å². The fourth-order valence-electron chi connectivity index (χ4n) is 4.75. The van der Waals surface area contributed by atoms with Crippen molar-refractivity contribution in [3.05, 3.63) is 144 Å². The summed E-state index contributed by atoms with van der Waals surface area (Å²) in [5.74, 6) is -0.139. The van der Waals surface area contributed by atoms with E-state index in [1.54, 1.807) is 18.6 Å². The summed E-state index contributed by atoms with van der Waals surface area (Å²) in [6, 6.07) is 27.6. The van der Waals surface area contributed by atoms with Gasteiger partial charge in [-0.3, -0.25) is 24.5 Å². The Morgan fingerprint density at radius 1 is 0.698 bits per heavy atom. The lowest BCUT2D eigenvalue weighted by atomic mass is 10.1. The van der Waals surface area contributed by atoms with E-state index in [1.807, 2.05) is 96.2 Å². The molecule has 8 nitrogen and oxygen atoms in total. The molecule has 2 amide bonds. The number of amides is 2. The third kappa shape index (κ3) is 8.89. The summed E-state index contributed by atoms with van der Waals surface area (Å²) in [6.45, 7) is 3.80. The first-order chi connectivity index (χ1) is 21.0. The van der Waals surface area contributed by atoms with Crippen LogP contribution in [0, 0.1) is 0 Å². The Hall–Kier alpha value is -5.21. The highest BCUT2D eigenvalue weighted by Gasteiger charge is 2.16. The largest absolute Gasteiger partial charge is 0.334 e. The minimum absolute atomic E-state index is 0.00333. The van der Waals surface area contributed by atoms with Crippen LogP contribution >= 0.6 is 0 Å². The van der Waals surface area contributed by atoms with E-state index in [-0.39, 0.29) is 18.2 Å². The molecular weight excluding hydrogens is 536 g/mol. The van der Waals surface area contributed by atoms with Crippen LogP contribution in [-0.2, 0) is 42.2 Å². The van der Waals surface area contributed by atoms with E-state index in [2.05, 4.69) is 31.7 Å². The maximum absolute atomic E-state index is 13.5. The zero-order valence-electron chi connectivity index (χ0n) is 24.1. The number of carbonyl (C=O) groups is 2. The van der Waals surface area contributed by atoms with Crippen molar-refractivity contribution in [3.63, 3.8) is 0 Å². The van der Waals surface area contributed by atoms with Crippen LogP contribution in [0.1, 0.15) is 34.7 Å². The highest BCUT2D eigenvalue weighted by molar-refractivity contribution is 5.88. The molecule has 2 aromatic carbocycles. The van der Waals surface area contributed by atoms with E-state index < -0.39 is 0 Å². The Balaban J connectivity index is 1.25. The maximum Gasteiger partial charge on any atom is 0.227 e. The van der Waals surface area contributed by atoms with Crippen LogP contribution in [0.25, 0.3) is 11.3 Å². The van der Waals surface area contributed by atoms with Gasteiger partial charge in [0, 0.05) is 75.3 Å². The fourth-order valence-corrected chi connectivity index (χ4v) is 4.75. The SMILES string of the molecule is CC(=O)Nc1cccc(CN(Cc2ccc(-c3ccc(CNCc4cccnc4)cn3)cc2)C(=O)Cc2cccnc2)c1. The summed E-state index contributed by atoms with van der Waals surface area (Å²) in [5, 5.41) is 6.24. The number of anilines is 1. The average molecular weight is 571 g/mol. The number of carbonyl (C=O) groups excluding carboxylic acids is 2. The van der Waals surface area contributed by atoms with Crippen molar-refractivity contribution in [2.24, 2.45) is 0 Å². The van der Waals surface area contributed by atoms with Gasteiger partial charge < -0.3 is 15.5 Å². The summed E-state index contributed by atoms with van der Waals surface area (Å²) in [7, 11) is 0. The Morgan fingerprint density at radius 2 is 1.35 bits per heavy atom. The fraction of sp³-hybridized carbons (Fsp3) is 0.171. The van der Waals surface area contributed by atoms with Gasteiger partial charge >= 0.3 is 0 Å². The third-order valence-electron chi connectivity index (χ3n) is 6.88. The molecule has 3 heterocycles. The number of pyridine rings is 3. The highest BCUT2D eigenvalue weighted by atomic mass is 16.2. The summed E-state index contributed by atoms with van der Waals surface area (Å²) >= 11 is 0. The van der Waals surface area contributed by atoms with E-state index in [9.17, 15) is 9.59 Å². The maximum atomic E-state index is 13.5. The van der Waals surface area contributed by atoms with Gasteiger partial charge in [-0.15, -0.1) is 0 Å². The lowest BCUT2D eigenvalue weighted by Gasteiger charge is -2.24. The molecule has 8 heteroatoms. The van der Waals surface area contributed by atoms with Gasteiger partial charge in [0.1, 0.15) is 0 Å². The quantitative estimate of drug-likeness (QED) is 0.204. The molecule has 0 saturated heterocycles. The van der Waals surface area contributed by atoms with E-state index in [0.717, 1.165) is 52.2 Å². The molecule has 0 fully saturated rings. The molecule has 5 rings (SSSR count). The van der Waals surface area contributed by atoms with Crippen LogP contribution in [0.15, 0.2) is 116 Å². The molecule has 0 radical (unpaired) electrons. The van der Waals surface area contributed by atoms with Crippen molar-refractivity contribution < 1.29 is 9.59 Å². The van der Waals surface area contributed by atoms with Crippen LogP contribution in [-0.4, -0.2) is 31.7 Å². The molecule has 43 heavy (non-hydrogen) atoms. The number of nitrogens with one attached hydrogen (secondary N) is 2. The smallest absolute Gasteiger partial charge is 0.227 e. The first-order valence-electron chi connectivity index (χ1n) is 14.2. The molecule has 0 bridgehead atoms. The van der Waals surface area contributed by atoms with Crippen molar-refractivity contribution >= 4 is 17.5 Å². The molecule has 0 saturated carbocycles. The second-order valence-electron chi connectivity index (χ2n) is 10.4. The van der Waals surface area contributed by atoms with Crippen molar-refractivity contribution in [1.82, 2.24) is 25.2 Å². The minimum atomic E-state index is -0.136. The highest BCUT2D eigenvalue weighted by Crippen LogP contribution is 2.21. The van der Waals surface area contributed by atoms with Gasteiger partial charge in [-0.25, -0.2) is 0 Å². The molecule has 0 spiro atoms. The number of rotatable bonds is 12. The average Bonchev–Trinajstić information content (AvgIpc) is 3.02. The van der Waals surface area contributed by atoms with E-state index in [0.29, 0.717) is 18.8 Å². The normalized spacial score (nSPS) is 10.7. The first kappa shape index (κ1) is 29.3. The topological polar surface area (TPSA) is 100 Å². The van der Waals surface area contributed by atoms with Gasteiger partial charge in [0.05, 0.1) is 12.1 Å². The molecule has 216 valence electrons. The van der Waals surface area contributed by atoms with Gasteiger partial charge in [0.2, 0.25) is 11.8 Å². The Morgan fingerprint density at radius 3 is 2.00 bits per heavy atom. The summed E-state index contributed by atoms with van der Waals surface area (Å²) in [4.78, 5) is 39.8. The zero-order chi connectivity index (χ0) is 29.9. The van der Waals surface area contributed by atoms with Gasteiger partial charge in [-0.05, 0) is 58.1 Å². The number of nitrogens with zero attached hydrogens (tertiary/aromatic N) is 4. The monoisotopic (exact) mass is 570 g/mol. The number of hydrogen-bond donors (Lipinski definition) is 2. The summed E-state index contributed by atoms with van der Waals surface area (Å²) in [5.41, 5.74) is 7.66. The van der Waals surface area contributed by atoms with Crippen LogP contribution in [0.5, 0.6) is 0 Å². The zero-order valence-corrected chi connectivity index (χ0v) is 24.1. The van der Waals surface area contributed by atoms with Crippen molar-refractivity contribution in [3.8, 4) is 11.3 Å². The van der Waals surface area contributed by atoms with Crippen LogP contribution in [0.3, 0.4) is 0 Å². The lowest BCUT2D eigenvalue weighted by molar-refractivity contribution is -0.131.